The Balaban J connectivity index is 2.73. The molecule has 0 fully saturated rings. The van der Waals surface area contributed by atoms with Crippen LogP contribution in [-0.2, 0) is 6.42 Å². The second kappa shape index (κ2) is 4.35. The molecule has 0 aliphatic rings. The Labute approximate surface area is 77.2 Å². The largest absolute Gasteiger partial charge is 0.395 e. The third kappa shape index (κ3) is 2.79. The van der Waals surface area contributed by atoms with Crippen LogP contribution in [0.3, 0.4) is 0 Å². The number of halogens is 1. The maximum atomic E-state index is 12.8. The molecule has 0 saturated heterocycles. The van der Waals surface area contributed by atoms with E-state index >= 15 is 0 Å². The maximum Gasteiger partial charge on any atom is 0.126 e. The van der Waals surface area contributed by atoms with Crippen molar-refractivity contribution < 1.29 is 9.50 Å². The third-order valence-electron chi connectivity index (χ3n) is 1.95. The van der Waals surface area contributed by atoms with Crippen molar-refractivity contribution in [2.24, 2.45) is 5.73 Å². The smallest absolute Gasteiger partial charge is 0.126 e. The topological polar surface area (TPSA) is 46.2 Å². The van der Waals surface area contributed by atoms with Gasteiger partial charge in [-0.05, 0) is 30.5 Å². The molecule has 1 aromatic carbocycles. The molecule has 0 aromatic heterocycles. The molecule has 1 unspecified atom stereocenters. The highest BCUT2D eigenvalue weighted by Gasteiger charge is 2.03. The van der Waals surface area contributed by atoms with Crippen molar-refractivity contribution in [2.75, 3.05) is 6.61 Å². The van der Waals surface area contributed by atoms with E-state index in [0.717, 1.165) is 5.56 Å². The van der Waals surface area contributed by atoms with Crippen LogP contribution < -0.4 is 5.73 Å². The molecule has 3 N–H and O–H groups in total. The normalized spacial score (nSPS) is 12.9. The van der Waals surface area contributed by atoms with Crippen LogP contribution in [0.4, 0.5) is 4.39 Å². The molecule has 1 atom stereocenters. The zero-order chi connectivity index (χ0) is 9.84. The van der Waals surface area contributed by atoms with Crippen LogP contribution in [0.1, 0.15) is 11.1 Å². The predicted octanol–water partition coefficient (Wildman–Crippen LogP) is 0.996. The minimum absolute atomic E-state index is 0.0452. The van der Waals surface area contributed by atoms with Gasteiger partial charge in [-0.1, -0.05) is 12.1 Å². The van der Waals surface area contributed by atoms with Crippen LogP contribution in [0.5, 0.6) is 0 Å². The van der Waals surface area contributed by atoms with Gasteiger partial charge in [0.15, 0.2) is 0 Å². The van der Waals surface area contributed by atoms with E-state index in [0.29, 0.717) is 12.0 Å². The highest BCUT2D eigenvalue weighted by Crippen LogP contribution is 2.10. The molecule has 1 aromatic rings. The number of nitrogens with two attached hydrogens (primary N) is 1. The van der Waals surface area contributed by atoms with Gasteiger partial charge in [-0.25, -0.2) is 4.39 Å². The Bertz CT molecular complexity index is 288. The van der Waals surface area contributed by atoms with Gasteiger partial charge in [0, 0.05) is 6.04 Å². The summed E-state index contributed by atoms with van der Waals surface area (Å²) in [6.45, 7) is 1.67. The van der Waals surface area contributed by atoms with Crippen molar-refractivity contribution in [2.45, 2.75) is 19.4 Å². The molecule has 0 spiro atoms. The lowest BCUT2D eigenvalue weighted by Gasteiger charge is -2.08. The molecule has 0 amide bonds. The number of rotatable bonds is 3. The minimum atomic E-state index is -0.259. The fourth-order valence-corrected chi connectivity index (χ4v) is 1.20. The summed E-state index contributed by atoms with van der Waals surface area (Å²) in [5.41, 5.74) is 7.12. The van der Waals surface area contributed by atoms with Crippen LogP contribution in [0.2, 0.25) is 0 Å². The van der Waals surface area contributed by atoms with Crippen LogP contribution in [0.25, 0.3) is 0 Å². The SMILES string of the molecule is Cc1cc(CC(N)CO)ccc1F. The summed E-state index contributed by atoms with van der Waals surface area (Å²) in [6, 6.07) is 4.61. The van der Waals surface area contributed by atoms with Gasteiger partial charge in [-0.2, -0.15) is 0 Å². The van der Waals surface area contributed by atoms with E-state index in [1.807, 2.05) is 0 Å². The van der Waals surface area contributed by atoms with Crippen molar-refractivity contribution in [3.63, 3.8) is 0 Å². The Morgan fingerprint density at radius 3 is 2.77 bits per heavy atom. The quantitative estimate of drug-likeness (QED) is 0.734. The average Bonchev–Trinajstić information content (AvgIpc) is 2.11. The molecular weight excluding hydrogens is 169 g/mol. The third-order valence-corrected chi connectivity index (χ3v) is 1.95. The summed E-state index contributed by atoms with van der Waals surface area (Å²) in [4.78, 5) is 0. The van der Waals surface area contributed by atoms with E-state index in [1.54, 1.807) is 19.1 Å². The number of hydrogen-bond donors (Lipinski definition) is 2. The van der Waals surface area contributed by atoms with E-state index in [1.165, 1.54) is 6.07 Å². The Morgan fingerprint density at radius 2 is 2.23 bits per heavy atom. The Hall–Kier alpha value is -0.930. The van der Waals surface area contributed by atoms with Gasteiger partial charge < -0.3 is 10.8 Å². The summed E-state index contributed by atoms with van der Waals surface area (Å²) < 4.78 is 12.8. The summed E-state index contributed by atoms with van der Waals surface area (Å²) in [6.07, 6.45) is 0.581. The molecule has 0 heterocycles. The van der Waals surface area contributed by atoms with Crippen molar-refractivity contribution in [1.29, 1.82) is 0 Å². The molecule has 0 aliphatic heterocycles. The highest BCUT2D eigenvalue weighted by atomic mass is 19.1. The molecule has 13 heavy (non-hydrogen) atoms. The van der Waals surface area contributed by atoms with Gasteiger partial charge in [-0.3, -0.25) is 0 Å². The van der Waals surface area contributed by atoms with Gasteiger partial charge in [0.1, 0.15) is 5.82 Å². The lowest BCUT2D eigenvalue weighted by molar-refractivity contribution is 0.265. The molecule has 2 nitrogen and oxygen atoms in total. The van der Waals surface area contributed by atoms with E-state index in [4.69, 9.17) is 10.8 Å². The zero-order valence-corrected chi connectivity index (χ0v) is 7.63. The van der Waals surface area contributed by atoms with Gasteiger partial charge in [0.25, 0.3) is 0 Å². The van der Waals surface area contributed by atoms with Gasteiger partial charge in [-0.15, -0.1) is 0 Å². The highest BCUT2D eigenvalue weighted by molar-refractivity contribution is 5.24. The molecular formula is C10H14FNO. The molecule has 1 rings (SSSR count). The molecule has 3 heteroatoms. The monoisotopic (exact) mass is 183 g/mol. The first-order chi connectivity index (χ1) is 6.13. The standard InChI is InChI=1S/C10H14FNO/c1-7-4-8(2-3-10(7)11)5-9(12)6-13/h2-4,9,13H,5-6,12H2,1H3. The Kier molecular flexibility index (Phi) is 3.39. The number of benzene rings is 1. The number of aliphatic hydroxyl groups excluding tert-OH is 1. The van der Waals surface area contributed by atoms with Crippen LogP contribution >= 0.6 is 0 Å². The summed E-state index contributed by atoms with van der Waals surface area (Å²) in [7, 11) is 0. The lowest BCUT2D eigenvalue weighted by Crippen LogP contribution is -2.26. The second-order valence-corrected chi connectivity index (χ2v) is 3.23. The minimum Gasteiger partial charge on any atom is -0.395 e. The zero-order valence-electron chi connectivity index (χ0n) is 7.63. The molecule has 0 saturated carbocycles. The Morgan fingerprint density at radius 1 is 1.54 bits per heavy atom. The van der Waals surface area contributed by atoms with Gasteiger partial charge in [0.05, 0.1) is 6.61 Å². The number of hydrogen-bond acceptors (Lipinski definition) is 2. The summed E-state index contributed by atoms with van der Waals surface area (Å²) >= 11 is 0. The molecule has 0 radical (unpaired) electrons. The lowest BCUT2D eigenvalue weighted by atomic mass is 10.0. The van der Waals surface area contributed by atoms with Crippen LogP contribution in [0.15, 0.2) is 18.2 Å². The fourth-order valence-electron chi connectivity index (χ4n) is 1.20. The van der Waals surface area contributed by atoms with Crippen molar-refractivity contribution in [1.82, 2.24) is 0 Å². The maximum absolute atomic E-state index is 12.8. The first kappa shape index (κ1) is 10.2. The molecule has 72 valence electrons. The predicted molar refractivity (Wildman–Crippen MR) is 49.9 cm³/mol. The van der Waals surface area contributed by atoms with Crippen LogP contribution in [0, 0.1) is 12.7 Å². The van der Waals surface area contributed by atoms with Gasteiger partial charge >= 0.3 is 0 Å². The molecule has 0 bridgehead atoms. The fraction of sp³-hybridized carbons (Fsp3) is 0.400. The molecule has 0 aliphatic carbocycles. The van der Waals surface area contributed by atoms with E-state index < -0.39 is 0 Å². The van der Waals surface area contributed by atoms with Crippen molar-refractivity contribution in [3.8, 4) is 0 Å². The first-order valence-electron chi connectivity index (χ1n) is 4.25. The number of aryl methyl sites for hydroxylation is 1. The average molecular weight is 183 g/mol. The van der Waals surface area contributed by atoms with Crippen molar-refractivity contribution in [3.05, 3.63) is 35.1 Å². The number of aliphatic hydroxyl groups is 1. The van der Waals surface area contributed by atoms with Gasteiger partial charge in [0.2, 0.25) is 0 Å². The van der Waals surface area contributed by atoms with Crippen LogP contribution in [-0.4, -0.2) is 17.8 Å². The summed E-state index contributed by atoms with van der Waals surface area (Å²) in [5.74, 6) is -0.207. The van der Waals surface area contributed by atoms with E-state index in [9.17, 15) is 4.39 Å². The first-order valence-corrected chi connectivity index (χ1v) is 4.25. The second-order valence-electron chi connectivity index (χ2n) is 3.23. The van der Waals surface area contributed by atoms with E-state index in [-0.39, 0.29) is 18.5 Å². The van der Waals surface area contributed by atoms with Crippen molar-refractivity contribution >= 4 is 0 Å². The van der Waals surface area contributed by atoms with E-state index in [2.05, 4.69) is 0 Å². The summed E-state index contributed by atoms with van der Waals surface area (Å²) in [5, 5.41) is 8.72.